The first-order chi connectivity index (χ1) is 6.56. The van der Waals surface area contributed by atoms with Crippen LogP contribution in [0.5, 0.6) is 0 Å². The molecule has 14 heavy (non-hydrogen) atoms. The Hall–Kier alpha value is -0.670. The van der Waals surface area contributed by atoms with E-state index in [0.29, 0.717) is 6.42 Å². The van der Waals surface area contributed by atoms with Crippen molar-refractivity contribution in [2.24, 2.45) is 0 Å². The molecule has 4 heteroatoms. The molecule has 0 saturated carbocycles. The summed E-state index contributed by atoms with van der Waals surface area (Å²) in [5.41, 5.74) is 0.284. The van der Waals surface area contributed by atoms with Crippen molar-refractivity contribution in [3.8, 4) is 0 Å². The number of aliphatic hydroxyl groups is 1. The summed E-state index contributed by atoms with van der Waals surface area (Å²) in [5, 5.41) is 9.69. The van der Waals surface area contributed by atoms with Gasteiger partial charge in [-0.1, -0.05) is 18.5 Å². The lowest BCUT2D eigenvalue weighted by Gasteiger charge is -2.17. The van der Waals surface area contributed by atoms with Gasteiger partial charge < -0.3 is 5.11 Å². The molecule has 0 amide bonds. The minimum Gasteiger partial charge on any atom is -0.393 e. The monoisotopic (exact) mass is 217 g/mol. The van der Waals surface area contributed by atoms with Gasteiger partial charge in [0.1, 0.15) is 5.82 Å². The van der Waals surface area contributed by atoms with E-state index in [1.54, 1.807) is 6.92 Å². The van der Waals surface area contributed by atoms with Gasteiger partial charge in [-0.3, -0.25) is 4.98 Å². The van der Waals surface area contributed by atoms with Gasteiger partial charge in [-0.05, 0) is 19.4 Å². The summed E-state index contributed by atoms with van der Waals surface area (Å²) < 4.78 is 13.4. The second-order valence-electron chi connectivity index (χ2n) is 3.28. The van der Waals surface area contributed by atoms with E-state index in [9.17, 15) is 9.50 Å². The van der Waals surface area contributed by atoms with Crippen LogP contribution in [0.3, 0.4) is 0 Å². The first-order valence-corrected chi connectivity index (χ1v) is 4.93. The minimum absolute atomic E-state index is 0.270. The fraction of sp³-hybridized carbons (Fsp3) is 0.500. The maximum atomic E-state index is 13.4. The third kappa shape index (κ3) is 2.42. The molecule has 2 unspecified atom stereocenters. The van der Waals surface area contributed by atoms with Gasteiger partial charge in [0.15, 0.2) is 0 Å². The molecule has 1 heterocycles. The normalized spacial score (nSPS) is 15.2. The summed E-state index contributed by atoms with van der Waals surface area (Å²) in [6.07, 6.45) is 1.43. The van der Waals surface area contributed by atoms with Gasteiger partial charge in [0.25, 0.3) is 0 Å². The van der Waals surface area contributed by atoms with Gasteiger partial charge in [0.05, 0.1) is 16.8 Å². The van der Waals surface area contributed by atoms with Crippen LogP contribution in [0.1, 0.15) is 31.9 Å². The summed E-state index contributed by atoms with van der Waals surface area (Å²) in [4.78, 5) is 3.90. The van der Waals surface area contributed by atoms with Crippen LogP contribution >= 0.6 is 11.6 Å². The fourth-order valence-corrected chi connectivity index (χ4v) is 1.61. The molecule has 1 aromatic heterocycles. The zero-order chi connectivity index (χ0) is 10.7. The summed E-state index contributed by atoms with van der Waals surface area (Å²) >= 11 is 5.58. The van der Waals surface area contributed by atoms with Crippen molar-refractivity contribution in [2.45, 2.75) is 32.3 Å². The van der Waals surface area contributed by atoms with Crippen LogP contribution in [-0.4, -0.2) is 16.2 Å². The molecule has 0 spiro atoms. The second kappa shape index (κ2) is 4.71. The third-order valence-corrected chi connectivity index (χ3v) is 2.42. The number of aliphatic hydroxyl groups excluding tert-OH is 1. The zero-order valence-corrected chi connectivity index (χ0v) is 8.92. The number of hydrogen-bond donors (Lipinski definition) is 1. The van der Waals surface area contributed by atoms with Gasteiger partial charge in [-0.15, -0.1) is 0 Å². The topological polar surface area (TPSA) is 33.1 Å². The minimum atomic E-state index is -0.608. The number of aromatic nitrogens is 1. The average molecular weight is 218 g/mol. The molecule has 1 N–H and O–H groups in total. The Morgan fingerprint density at radius 1 is 1.64 bits per heavy atom. The highest BCUT2D eigenvalue weighted by atomic mass is 35.5. The van der Waals surface area contributed by atoms with Crippen LogP contribution in [0.4, 0.5) is 4.39 Å². The molecule has 0 aliphatic carbocycles. The standard InChI is InChI=1S/C10H13ClFNO/c1-3-8(6(2)14)10-9(12)4-7(11)5-13-10/h4-6,8,14H,3H2,1-2H3. The number of pyridine rings is 1. The summed E-state index contributed by atoms with van der Waals surface area (Å²) in [6, 6.07) is 1.22. The van der Waals surface area contributed by atoms with Crippen molar-refractivity contribution in [3.63, 3.8) is 0 Å². The lowest BCUT2D eigenvalue weighted by atomic mass is 9.96. The van der Waals surface area contributed by atoms with Crippen molar-refractivity contribution in [2.75, 3.05) is 0 Å². The predicted octanol–water partition coefficient (Wildman–Crippen LogP) is 2.75. The smallest absolute Gasteiger partial charge is 0.146 e. The maximum absolute atomic E-state index is 13.4. The number of hydrogen-bond acceptors (Lipinski definition) is 2. The van der Waals surface area contributed by atoms with Gasteiger partial charge in [0, 0.05) is 12.1 Å². The molecule has 78 valence electrons. The molecular formula is C10H13ClFNO. The van der Waals surface area contributed by atoms with Crippen molar-refractivity contribution in [1.82, 2.24) is 4.98 Å². The summed E-state index contributed by atoms with van der Waals surface area (Å²) in [5.74, 6) is -0.725. The predicted molar refractivity (Wildman–Crippen MR) is 53.9 cm³/mol. The number of rotatable bonds is 3. The Labute approximate surface area is 87.7 Å². The molecule has 0 bridgehead atoms. The van der Waals surface area contributed by atoms with E-state index in [2.05, 4.69) is 4.98 Å². The molecule has 0 radical (unpaired) electrons. The van der Waals surface area contributed by atoms with Crippen LogP contribution in [0.15, 0.2) is 12.3 Å². The molecule has 1 rings (SSSR count). The van der Waals surface area contributed by atoms with Gasteiger partial charge in [-0.25, -0.2) is 4.39 Å². The van der Waals surface area contributed by atoms with E-state index in [1.165, 1.54) is 12.3 Å². The van der Waals surface area contributed by atoms with Crippen molar-refractivity contribution >= 4 is 11.6 Å². The average Bonchev–Trinajstić information content (AvgIpc) is 2.09. The Kier molecular flexibility index (Phi) is 3.84. The largest absolute Gasteiger partial charge is 0.393 e. The number of nitrogens with zero attached hydrogens (tertiary/aromatic N) is 1. The van der Waals surface area contributed by atoms with Crippen LogP contribution < -0.4 is 0 Å². The maximum Gasteiger partial charge on any atom is 0.146 e. The van der Waals surface area contributed by atoms with Crippen LogP contribution in [-0.2, 0) is 0 Å². The first-order valence-electron chi connectivity index (χ1n) is 4.55. The molecule has 0 aliphatic rings. The van der Waals surface area contributed by atoms with Crippen LogP contribution in [0.2, 0.25) is 5.02 Å². The molecule has 0 saturated heterocycles. The van der Waals surface area contributed by atoms with Gasteiger partial charge >= 0.3 is 0 Å². The van der Waals surface area contributed by atoms with E-state index in [0.717, 1.165) is 0 Å². The lowest BCUT2D eigenvalue weighted by molar-refractivity contribution is 0.156. The highest BCUT2D eigenvalue weighted by Gasteiger charge is 2.20. The van der Waals surface area contributed by atoms with Crippen LogP contribution in [0.25, 0.3) is 0 Å². The fourth-order valence-electron chi connectivity index (χ4n) is 1.46. The molecule has 1 aromatic rings. The van der Waals surface area contributed by atoms with Crippen molar-refractivity contribution in [3.05, 3.63) is 28.8 Å². The molecule has 2 atom stereocenters. The Balaban J connectivity index is 3.04. The third-order valence-electron chi connectivity index (χ3n) is 2.21. The molecular weight excluding hydrogens is 205 g/mol. The SMILES string of the molecule is CCC(c1ncc(Cl)cc1F)C(C)O. The van der Waals surface area contributed by atoms with E-state index in [1.807, 2.05) is 6.92 Å². The molecule has 0 aliphatic heterocycles. The number of halogens is 2. The Morgan fingerprint density at radius 3 is 2.71 bits per heavy atom. The molecule has 0 fully saturated rings. The first kappa shape index (κ1) is 11.4. The van der Waals surface area contributed by atoms with E-state index < -0.39 is 11.9 Å². The quantitative estimate of drug-likeness (QED) is 0.845. The van der Waals surface area contributed by atoms with E-state index in [4.69, 9.17) is 11.6 Å². The highest BCUT2D eigenvalue weighted by Crippen LogP contribution is 2.25. The van der Waals surface area contributed by atoms with E-state index in [-0.39, 0.29) is 16.6 Å². The summed E-state index contributed by atoms with van der Waals surface area (Å²) in [7, 11) is 0. The van der Waals surface area contributed by atoms with Crippen molar-refractivity contribution in [1.29, 1.82) is 0 Å². The summed E-state index contributed by atoms with van der Waals surface area (Å²) in [6.45, 7) is 3.51. The lowest BCUT2D eigenvalue weighted by Crippen LogP contribution is -2.16. The van der Waals surface area contributed by atoms with Gasteiger partial charge in [-0.2, -0.15) is 0 Å². The second-order valence-corrected chi connectivity index (χ2v) is 3.71. The molecule has 0 aromatic carbocycles. The molecule has 2 nitrogen and oxygen atoms in total. The van der Waals surface area contributed by atoms with E-state index >= 15 is 0 Å². The van der Waals surface area contributed by atoms with Crippen molar-refractivity contribution < 1.29 is 9.50 Å². The Morgan fingerprint density at radius 2 is 2.29 bits per heavy atom. The zero-order valence-electron chi connectivity index (χ0n) is 8.17. The Bertz CT molecular complexity index is 317. The van der Waals surface area contributed by atoms with Crippen LogP contribution in [0, 0.1) is 5.82 Å². The van der Waals surface area contributed by atoms with Gasteiger partial charge in [0.2, 0.25) is 0 Å². The highest BCUT2D eigenvalue weighted by molar-refractivity contribution is 6.30.